The highest BCUT2D eigenvalue weighted by Crippen LogP contribution is 2.02. The summed E-state index contributed by atoms with van der Waals surface area (Å²) in [6.07, 6.45) is 8.87. The van der Waals surface area contributed by atoms with Crippen LogP contribution in [0.3, 0.4) is 0 Å². The average Bonchev–Trinajstić information content (AvgIpc) is 2.24. The molecule has 0 aromatic carbocycles. The molecule has 0 amide bonds. The Morgan fingerprint density at radius 2 is 1.67 bits per heavy atom. The third kappa shape index (κ3) is 10.2. The second-order valence-electron chi connectivity index (χ2n) is 4.16. The fourth-order valence-corrected chi connectivity index (χ4v) is 1.52. The molecule has 0 radical (unpaired) electrons. The standard InChI is InChI=1S/C13H29NO/c1-4-7-9-12-15-13(10-6-3)14-11-8-5-2/h13-14H,4-12H2,1-3H3. The quantitative estimate of drug-likeness (QED) is 0.419. The largest absolute Gasteiger partial charge is 0.363 e. The average molecular weight is 215 g/mol. The van der Waals surface area contributed by atoms with Gasteiger partial charge in [-0.3, -0.25) is 5.32 Å². The van der Waals surface area contributed by atoms with Gasteiger partial charge in [0.05, 0.1) is 0 Å². The Balaban J connectivity index is 3.44. The zero-order valence-electron chi connectivity index (χ0n) is 10.8. The second-order valence-corrected chi connectivity index (χ2v) is 4.16. The van der Waals surface area contributed by atoms with E-state index in [1.165, 1.54) is 38.5 Å². The summed E-state index contributed by atoms with van der Waals surface area (Å²) >= 11 is 0. The summed E-state index contributed by atoms with van der Waals surface area (Å²) in [6.45, 7) is 8.66. The van der Waals surface area contributed by atoms with E-state index < -0.39 is 0 Å². The smallest absolute Gasteiger partial charge is 0.108 e. The van der Waals surface area contributed by atoms with Crippen LogP contribution < -0.4 is 5.32 Å². The van der Waals surface area contributed by atoms with E-state index in [4.69, 9.17) is 4.74 Å². The maximum absolute atomic E-state index is 5.82. The van der Waals surface area contributed by atoms with E-state index in [2.05, 4.69) is 26.1 Å². The van der Waals surface area contributed by atoms with E-state index >= 15 is 0 Å². The molecular formula is C13H29NO. The van der Waals surface area contributed by atoms with Gasteiger partial charge in [-0.05, 0) is 25.8 Å². The monoisotopic (exact) mass is 215 g/mol. The van der Waals surface area contributed by atoms with Gasteiger partial charge in [0.15, 0.2) is 0 Å². The summed E-state index contributed by atoms with van der Waals surface area (Å²) in [5.41, 5.74) is 0. The van der Waals surface area contributed by atoms with Crippen molar-refractivity contribution >= 4 is 0 Å². The minimum atomic E-state index is 0.290. The van der Waals surface area contributed by atoms with Crippen molar-refractivity contribution in [3.8, 4) is 0 Å². The van der Waals surface area contributed by atoms with Gasteiger partial charge in [-0.2, -0.15) is 0 Å². The molecule has 92 valence electrons. The van der Waals surface area contributed by atoms with Crippen LogP contribution in [0.5, 0.6) is 0 Å². The summed E-state index contributed by atoms with van der Waals surface area (Å²) in [5.74, 6) is 0. The Bertz CT molecular complexity index is 117. The third-order valence-corrected chi connectivity index (χ3v) is 2.52. The molecule has 1 unspecified atom stereocenters. The van der Waals surface area contributed by atoms with Crippen LogP contribution in [0, 0.1) is 0 Å². The molecular weight excluding hydrogens is 186 g/mol. The number of nitrogens with one attached hydrogen (secondary N) is 1. The molecule has 1 N–H and O–H groups in total. The third-order valence-electron chi connectivity index (χ3n) is 2.52. The maximum Gasteiger partial charge on any atom is 0.108 e. The summed E-state index contributed by atoms with van der Waals surface area (Å²) in [7, 11) is 0. The van der Waals surface area contributed by atoms with Crippen molar-refractivity contribution < 1.29 is 4.74 Å². The van der Waals surface area contributed by atoms with Crippen LogP contribution >= 0.6 is 0 Å². The number of unbranched alkanes of at least 4 members (excludes halogenated alkanes) is 3. The van der Waals surface area contributed by atoms with Crippen LogP contribution in [0.25, 0.3) is 0 Å². The highest BCUT2D eigenvalue weighted by atomic mass is 16.5. The fraction of sp³-hybridized carbons (Fsp3) is 1.00. The van der Waals surface area contributed by atoms with Gasteiger partial charge in [-0.1, -0.05) is 46.5 Å². The molecule has 0 aromatic rings. The van der Waals surface area contributed by atoms with Gasteiger partial charge in [0.2, 0.25) is 0 Å². The normalized spacial score (nSPS) is 13.0. The molecule has 2 heteroatoms. The number of hydrogen-bond acceptors (Lipinski definition) is 2. The predicted molar refractivity (Wildman–Crippen MR) is 67.1 cm³/mol. The van der Waals surface area contributed by atoms with Crippen molar-refractivity contribution in [3.05, 3.63) is 0 Å². The van der Waals surface area contributed by atoms with Crippen molar-refractivity contribution in [2.24, 2.45) is 0 Å². The lowest BCUT2D eigenvalue weighted by molar-refractivity contribution is 0.0215. The Hall–Kier alpha value is -0.0800. The summed E-state index contributed by atoms with van der Waals surface area (Å²) < 4.78 is 5.82. The van der Waals surface area contributed by atoms with Crippen LogP contribution in [0.2, 0.25) is 0 Å². The summed E-state index contributed by atoms with van der Waals surface area (Å²) in [5, 5.41) is 3.48. The van der Waals surface area contributed by atoms with E-state index in [9.17, 15) is 0 Å². The summed E-state index contributed by atoms with van der Waals surface area (Å²) in [6, 6.07) is 0. The number of ether oxygens (including phenoxy) is 1. The first kappa shape index (κ1) is 14.9. The molecule has 1 atom stereocenters. The van der Waals surface area contributed by atoms with Crippen molar-refractivity contribution in [2.75, 3.05) is 13.2 Å². The van der Waals surface area contributed by atoms with E-state index in [-0.39, 0.29) is 0 Å². The van der Waals surface area contributed by atoms with E-state index in [0.717, 1.165) is 19.6 Å². The highest BCUT2D eigenvalue weighted by Gasteiger charge is 2.05. The van der Waals surface area contributed by atoms with Gasteiger partial charge in [-0.25, -0.2) is 0 Å². The van der Waals surface area contributed by atoms with Gasteiger partial charge in [0, 0.05) is 6.61 Å². The highest BCUT2D eigenvalue weighted by molar-refractivity contribution is 4.55. The lowest BCUT2D eigenvalue weighted by Gasteiger charge is -2.18. The molecule has 0 rings (SSSR count). The SMILES string of the molecule is CCCCCOC(CCC)NCCCC. The number of hydrogen-bond donors (Lipinski definition) is 1. The van der Waals surface area contributed by atoms with Crippen molar-refractivity contribution in [1.29, 1.82) is 0 Å². The number of rotatable bonds is 11. The van der Waals surface area contributed by atoms with Crippen molar-refractivity contribution in [1.82, 2.24) is 5.32 Å². The molecule has 0 saturated heterocycles. The first-order chi connectivity index (χ1) is 7.35. The Kier molecular flexibility index (Phi) is 11.9. The van der Waals surface area contributed by atoms with Gasteiger partial charge < -0.3 is 4.74 Å². The Morgan fingerprint density at radius 3 is 2.27 bits per heavy atom. The van der Waals surface area contributed by atoms with Gasteiger partial charge in [0.1, 0.15) is 6.23 Å². The molecule has 2 nitrogen and oxygen atoms in total. The molecule has 0 fully saturated rings. The molecule has 0 spiro atoms. The van der Waals surface area contributed by atoms with Crippen molar-refractivity contribution in [2.45, 2.75) is 71.9 Å². The molecule has 0 bridgehead atoms. The van der Waals surface area contributed by atoms with Crippen LogP contribution in [0.1, 0.15) is 65.7 Å². The van der Waals surface area contributed by atoms with Crippen molar-refractivity contribution in [3.63, 3.8) is 0 Å². The van der Waals surface area contributed by atoms with Crippen LogP contribution in [0.4, 0.5) is 0 Å². The molecule has 0 aliphatic carbocycles. The molecule has 0 aliphatic heterocycles. The molecule has 0 heterocycles. The van der Waals surface area contributed by atoms with E-state index in [1.54, 1.807) is 0 Å². The second kappa shape index (κ2) is 12.0. The zero-order chi connectivity index (χ0) is 11.4. The predicted octanol–water partition coefficient (Wildman–Crippen LogP) is 3.71. The first-order valence-electron chi connectivity index (χ1n) is 6.70. The fourth-order valence-electron chi connectivity index (χ4n) is 1.52. The molecule has 0 saturated carbocycles. The minimum Gasteiger partial charge on any atom is -0.363 e. The lowest BCUT2D eigenvalue weighted by atomic mass is 10.2. The first-order valence-corrected chi connectivity index (χ1v) is 6.70. The van der Waals surface area contributed by atoms with E-state index in [1.807, 2.05) is 0 Å². The molecule has 15 heavy (non-hydrogen) atoms. The van der Waals surface area contributed by atoms with Crippen LogP contribution in [0.15, 0.2) is 0 Å². The minimum absolute atomic E-state index is 0.290. The van der Waals surface area contributed by atoms with Crippen LogP contribution in [-0.4, -0.2) is 19.4 Å². The van der Waals surface area contributed by atoms with E-state index in [0.29, 0.717) is 6.23 Å². The summed E-state index contributed by atoms with van der Waals surface area (Å²) in [4.78, 5) is 0. The molecule has 0 aliphatic rings. The topological polar surface area (TPSA) is 21.3 Å². The van der Waals surface area contributed by atoms with Gasteiger partial charge >= 0.3 is 0 Å². The Labute approximate surface area is 95.8 Å². The van der Waals surface area contributed by atoms with Crippen LogP contribution in [-0.2, 0) is 4.74 Å². The zero-order valence-corrected chi connectivity index (χ0v) is 10.8. The molecule has 0 aromatic heterocycles. The Morgan fingerprint density at radius 1 is 0.933 bits per heavy atom. The maximum atomic E-state index is 5.82. The van der Waals surface area contributed by atoms with Gasteiger partial charge in [0.25, 0.3) is 0 Å². The van der Waals surface area contributed by atoms with Gasteiger partial charge in [-0.15, -0.1) is 0 Å². The lowest BCUT2D eigenvalue weighted by Crippen LogP contribution is -2.32.